The van der Waals surface area contributed by atoms with Gasteiger partial charge in [-0.2, -0.15) is 0 Å². The molecule has 2 N–H and O–H groups in total. The first-order chi connectivity index (χ1) is 14.4. The van der Waals surface area contributed by atoms with Crippen LogP contribution in [0.25, 0.3) is 0 Å². The number of hydrogen-bond donors (Lipinski definition) is 2. The lowest BCUT2D eigenvalue weighted by molar-refractivity contribution is -0.128. The Morgan fingerprint density at radius 3 is 2.30 bits per heavy atom. The molecule has 1 saturated heterocycles. The molecule has 30 heavy (non-hydrogen) atoms. The first-order valence-corrected chi connectivity index (χ1v) is 10.4. The van der Waals surface area contributed by atoms with E-state index in [1.165, 1.54) is 0 Å². The van der Waals surface area contributed by atoms with Crippen molar-refractivity contribution in [1.29, 1.82) is 0 Å². The Morgan fingerprint density at radius 2 is 1.67 bits per heavy atom. The maximum absolute atomic E-state index is 12.5. The molecule has 6 heteroatoms. The minimum Gasteiger partial charge on any atom is -0.342 e. The second-order valence-electron chi connectivity index (χ2n) is 7.99. The third-order valence-electron chi connectivity index (χ3n) is 5.26. The van der Waals surface area contributed by atoms with Crippen LogP contribution in [0, 0.1) is 19.8 Å². The van der Waals surface area contributed by atoms with E-state index in [-0.39, 0.29) is 30.1 Å². The summed E-state index contributed by atoms with van der Waals surface area (Å²) in [5.41, 5.74) is 4.05. The molecule has 0 unspecified atom stereocenters. The van der Waals surface area contributed by atoms with E-state index < -0.39 is 0 Å². The highest BCUT2D eigenvalue weighted by molar-refractivity contribution is 6.05. The van der Waals surface area contributed by atoms with Crippen LogP contribution in [-0.2, 0) is 9.59 Å². The van der Waals surface area contributed by atoms with Crippen molar-refractivity contribution >= 4 is 29.1 Å². The van der Waals surface area contributed by atoms with Crippen LogP contribution in [0.3, 0.4) is 0 Å². The number of nitrogens with one attached hydrogen (secondary N) is 2. The number of nitrogens with zero attached hydrogens (tertiary/aromatic N) is 1. The zero-order chi connectivity index (χ0) is 21.7. The van der Waals surface area contributed by atoms with Crippen LogP contribution in [0.5, 0.6) is 0 Å². The van der Waals surface area contributed by atoms with Crippen LogP contribution < -0.4 is 10.6 Å². The van der Waals surface area contributed by atoms with Crippen LogP contribution in [-0.4, -0.2) is 35.7 Å². The predicted molar refractivity (Wildman–Crippen MR) is 119 cm³/mol. The van der Waals surface area contributed by atoms with Crippen molar-refractivity contribution in [2.45, 2.75) is 40.0 Å². The average molecular weight is 408 g/mol. The molecule has 1 aliphatic heterocycles. The normalized spacial score (nSPS) is 15.9. The molecule has 1 atom stereocenters. The summed E-state index contributed by atoms with van der Waals surface area (Å²) in [6.07, 6.45) is 2.22. The summed E-state index contributed by atoms with van der Waals surface area (Å²) in [4.78, 5) is 38.9. The van der Waals surface area contributed by atoms with Gasteiger partial charge in [-0.15, -0.1) is 0 Å². The molecule has 2 aromatic carbocycles. The third-order valence-corrected chi connectivity index (χ3v) is 5.26. The van der Waals surface area contributed by atoms with E-state index in [1.54, 1.807) is 29.2 Å². The molecule has 0 aliphatic carbocycles. The maximum Gasteiger partial charge on any atom is 0.255 e. The summed E-state index contributed by atoms with van der Waals surface area (Å²) in [6, 6.07) is 12.7. The number of amides is 3. The van der Waals surface area contributed by atoms with Crippen LogP contribution in [0.15, 0.2) is 42.5 Å². The molecule has 0 radical (unpaired) electrons. The molecule has 1 heterocycles. The Bertz CT molecular complexity index is 917. The summed E-state index contributed by atoms with van der Waals surface area (Å²) in [7, 11) is 0. The Balaban J connectivity index is 1.57. The Morgan fingerprint density at radius 1 is 1.00 bits per heavy atom. The van der Waals surface area contributed by atoms with E-state index >= 15 is 0 Å². The third kappa shape index (κ3) is 5.47. The van der Waals surface area contributed by atoms with Gasteiger partial charge >= 0.3 is 0 Å². The highest BCUT2D eigenvalue weighted by atomic mass is 16.2. The van der Waals surface area contributed by atoms with Gasteiger partial charge < -0.3 is 15.5 Å². The summed E-state index contributed by atoms with van der Waals surface area (Å²) < 4.78 is 0. The van der Waals surface area contributed by atoms with Gasteiger partial charge in [-0.05, 0) is 67.8 Å². The van der Waals surface area contributed by atoms with E-state index in [9.17, 15) is 14.4 Å². The van der Waals surface area contributed by atoms with Gasteiger partial charge in [-0.25, -0.2) is 0 Å². The zero-order valence-corrected chi connectivity index (χ0v) is 17.8. The molecule has 2 aromatic rings. The molecule has 3 amide bonds. The lowest BCUT2D eigenvalue weighted by Gasteiger charge is -2.16. The van der Waals surface area contributed by atoms with Gasteiger partial charge in [0.05, 0.1) is 5.92 Å². The summed E-state index contributed by atoms with van der Waals surface area (Å²) in [5.74, 6) is -0.649. The zero-order valence-electron chi connectivity index (χ0n) is 17.8. The van der Waals surface area contributed by atoms with Gasteiger partial charge in [0.1, 0.15) is 0 Å². The van der Waals surface area contributed by atoms with Gasteiger partial charge in [-0.3, -0.25) is 14.4 Å². The van der Waals surface area contributed by atoms with Gasteiger partial charge in [0, 0.05) is 36.4 Å². The fraction of sp³-hybridized carbons (Fsp3) is 0.375. The molecule has 0 spiro atoms. The Labute approximate surface area is 177 Å². The lowest BCUT2D eigenvalue weighted by Crippen LogP contribution is -2.29. The number of hydrogen-bond acceptors (Lipinski definition) is 3. The number of likely N-dealkylation sites (tertiary alicyclic amines) is 1. The molecular formula is C24H29N3O3. The molecule has 0 saturated carbocycles. The monoisotopic (exact) mass is 407 g/mol. The molecule has 3 rings (SSSR count). The number of benzene rings is 2. The first-order valence-electron chi connectivity index (χ1n) is 10.4. The lowest BCUT2D eigenvalue weighted by atomic mass is 10.1. The average Bonchev–Trinajstić information content (AvgIpc) is 3.07. The molecule has 1 aliphatic rings. The number of rotatable bonds is 7. The SMILES string of the molecule is CCCCN1C[C@H](C(=O)Nc2ccc(C(=O)Nc3cc(C)cc(C)c3)cc2)CC1=O. The summed E-state index contributed by atoms with van der Waals surface area (Å²) in [6.45, 7) is 7.24. The van der Waals surface area contributed by atoms with Gasteiger partial charge in [0.25, 0.3) is 5.91 Å². The van der Waals surface area contributed by atoms with Gasteiger partial charge in [0.15, 0.2) is 0 Å². The van der Waals surface area contributed by atoms with E-state index in [2.05, 4.69) is 17.6 Å². The number of aryl methyl sites for hydroxylation is 2. The number of unbranched alkanes of at least 4 members (excludes halogenated alkanes) is 1. The molecule has 6 nitrogen and oxygen atoms in total. The standard InChI is InChI=1S/C24H29N3O3/c1-4-5-10-27-15-19(14-22(27)28)24(30)25-20-8-6-18(7-9-20)23(29)26-21-12-16(2)11-17(3)13-21/h6-9,11-13,19H,4-5,10,14-15H2,1-3H3,(H,25,30)(H,26,29)/t19-/m1/s1. The van der Waals surface area contributed by atoms with Crippen LogP contribution in [0.1, 0.15) is 47.7 Å². The van der Waals surface area contributed by atoms with Gasteiger partial charge in [-0.1, -0.05) is 19.4 Å². The quantitative estimate of drug-likeness (QED) is 0.724. The van der Waals surface area contributed by atoms with E-state index in [0.29, 0.717) is 24.3 Å². The van der Waals surface area contributed by atoms with Crippen molar-refractivity contribution in [3.63, 3.8) is 0 Å². The minimum atomic E-state index is -0.332. The molecule has 158 valence electrons. The number of carbonyl (C=O) groups is 3. The van der Waals surface area contributed by atoms with Crippen molar-refractivity contribution in [3.8, 4) is 0 Å². The second kappa shape index (κ2) is 9.57. The maximum atomic E-state index is 12.5. The molecule has 0 bridgehead atoms. The van der Waals surface area contributed by atoms with Crippen molar-refractivity contribution in [2.24, 2.45) is 5.92 Å². The van der Waals surface area contributed by atoms with Crippen LogP contribution >= 0.6 is 0 Å². The van der Waals surface area contributed by atoms with Crippen molar-refractivity contribution < 1.29 is 14.4 Å². The van der Waals surface area contributed by atoms with Crippen molar-refractivity contribution in [3.05, 3.63) is 59.2 Å². The van der Waals surface area contributed by atoms with E-state index in [1.807, 2.05) is 32.0 Å². The van der Waals surface area contributed by atoms with Crippen LogP contribution in [0.2, 0.25) is 0 Å². The Hall–Kier alpha value is -3.15. The van der Waals surface area contributed by atoms with Crippen molar-refractivity contribution in [2.75, 3.05) is 23.7 Å². The van der Waals surface area contributed by atoms with Crippen LogP contribution in [0.4, 0.5) is 11.4 Å². The Kier molecular flexibility index (Phi) is 6.87. The minimum absolute atomic E-state index is 0.0435. The van der Waals surface area contributed by atoms with E-state index in [4.69, 9.17) is 0 Å². The molecule has 0 aromatic heterocycles. The highest BCUT2D eigenvalue weighted by Crippen LogP contribution is 2.21. The molecule has 1 fully saturated rings. The second-order valence-corrected chi connectivity index (χ2v) is 7.99. The highest BCUT2D eigenvalue weighted by Gasteiger charge is 2.33. The smallest absolute Gasteiger partial charge is 0.255 e. The van der Waals surface area contributed by atoms with E-state index in [0.717, 1.165) is 29.7 Å². The fourth-order valence-corrected chi connectivity index (χ4v) is 3.71. The topological polar surface area (TPSA) is 78.5 Å². The number of anilines is 2. The summed E-state index contributed by atoms with van der Waals surface area (Å²) in [5, 5.41) is 5.76. The first kappa shape index (κ1) is 21.6. The predicted octanol–water partition coefficient (Wildman–Crippen LogP) is 4.14. The summed E-state index contributed by atoms with van der Waals surface area (Å²) >= 11 is 0. The molecular weight excluding hydrogens is 378 g/mol. The van der Waals surface area contributed by atoms with Crippen molar-refractivity contribution in [1.82, 2.24) is 4.90 Å². The largest absolute Gasteiger partial charge is 0.342 e. The van der Waals surface area contributed by atoms with Gasteiger partial charge in [0.2, 0.25) is 11.8 Å². The number of carbonyl (C=O) groups excluding carboxylic acids is 3. The fourth-order valence-electron chi connectivity index (χ4n) is 3.71.